The van der Waals surface area contributed by atoms with E-state index in [0.29, 0.717) is 11.0 Å². The van der Waals surface area contributed by atoms with Crippen molar-refractivity contribution in [2.24, 2.45) is 7.05 Å². The summed E-state index contributed by atoms with van der Waals surface area (Å²) in [6.07, 6.45) is 1.95. The van der Waals surface area contributed by atoms with E-state index in [4.69, 9.17) is 0 Å². The number of anilines is 1. The highest BCUT2D eigenvalue weighted by molar-refractivity contribution is 7.99. The summed E-state index contributed by atoms with van der Waals surface area (Å²) in [4.78, 5) is 25.7. The molecule has 1 heterocycles. The minimum atomic E-state index is -0.588. The van der Waals surface area contributed by atoms with Gasteiger partial charge in [-0.05, 0) is 37.4 Å². The fourth-order valence-electron chi connectivity index (χ4n) is 2.88. The van der Waals surface area contributed by atoms with Gasteiger partial charge in [0.15, 0.2) is 11.0 Å². The van der Waals surface area contributed by atoms with Gasteiger partial charge in [-0.25, -0.2) is 4.39 Å². The Hall–Kier alpha value is -2.85. The minimum Gasteiger partial charge on any atom is -0.342 e. The largest absolute Gasteiger partial charge is 0.342 e. The van der Waals surface area contributed by atoms with Crippen LogP contribution in [0, 0.1) is 5.82 Å². The van der Waals surface area contributed by atoms with Gasteiger partial charge in [-0.1, -0.05) is 36.0 Å². The zero-order chi connectivity index (χ0) is 22.4. The first-order valence-electron chi connectivity index (χ1n) is 9.41. The lowest BCUT2D eigenvalue weighted by atomic mass is 10.2. The molecule has 3 aromatic rings. The lowest BCUT2D eigenvalue weighted by Gasteiger charge is -2.14. The SMILES string of the molecule is CSc1ccccc1NC(=O)CSc1nnc(C(C)NC(=O)c2ccccc2F)n1C. The molecule has 1 atom stereocenters. The van der Waals surface area contributed by atoms with E-state index in [9.17, 15) is 14.0 Å². The van der Waals surface area contributed by atoms with E-state index in [-0.39, 0.29) is 17.2 Å². The maximum Gasteiger partial charge on any atom is 0.254 e. The highest BCUT2D eigenvalue weighted by Gasteiger charge is 2.20. The summed E-state index contributed by atoms with van der Waals surface area (Å²) in [6.45, 7) is 1.74. The van der Waals surface area contributed by atoms with E-state index >= 15 is 0 Å². The predicted octanol–water partition coefficient (Wildman–Crippen LogP) is 3.90. The van der Waals surface area contributed by atoms with Crippen molar-refractivity contribution >= 4 is 41.0 Å². The summed E-state index contributed by atoms with van der Waals surface area (Å²) in [6, 6.07) is 12.9. The zero-order valence-corrected chi connectivity index (χ0v) is 18.9. The number of thioether (sulfide) groups is 2. The number of nitrogens with zero attached hydrogens (tertiary/aromatic N) is 3. The molecule has 31 heavy (non-hydrogen) atoms. The van der Waals surface area contributed by atoms with Gasteiger partial charge in [-0.2, -0.15) is 0 Å². The van der Waals surface area contributed by atoms with Crippen LogP contribution in [0.5, 0.6) is 0 Å². The number of para-hydroxylation sites is 1. The number of carbonyl (C=O) groups excluding carboxylic acids is 2. The Morgan fingerprint density at radius 1 is 1.13 bits per heavy atom. The third-order valence-corrected chi connectivity index (χ3v) is 6.25. The van der Waals surface area contributed by atoms with Crippen molar-refractivity contribution in [2.45, 2.75) is 23.0 Å². The van der Waals surface area contributed by atoms with Crippen LogP contribution in [0.3, 0.4) is 0 Å². The van der Waals surface area contributed by atoms with Gasteiger partial charge in [-0.3, -0.25) is 9.59 Å². The molecule has 0 radical (unpaired) electrons. The van der Waals surface area contributed by atoms with Crippen molar-refractivity contribution in [1.82, 2.24) is 20.1 Å². The molecule has 2 amide bonds. The summed E-state index contributed by atoms with van der Waals surface area (Å²) in [5, 5.41) is 14.4. The predicted molar refractivity (Wildman–Crippen MR) is 121 cm³/mol. The molecule has 0 aliphatic carbocycles. The second-order valence-electron chi connectivity index (χ2n) is 6.61. The third-order valence-electron chi connectivity index (χ3n) is 4.44. The number of amides is 2. The standard InChI is InChI=1S/C21H22FN5O2S2/c1-13(23-20(29)14-8-4-5-9-15(14)22)19-25-26-21(27(19)2)31-12-18(28)24-16-10-6-7-11-17(16)30-3/h4-11,13H,12H2,1-3H3,(H,23,29)(H,24,28). The Morgan fingerprint density at radius 3 is 2.58 bits per heavy atom. The van der Waals surface area contributed by atoms with Gasteiger partial charge in [0, 0.05) is 11.9 Å². The summed E-state index contributed by atoms with van der Waals surface area (Å²) in [5.74, 6) is -0.618. The van der Waals surface area contributed by atoms with Crippen LogP contribution in [-0.4, -0.2) is 38.6 Å². The van der Waals surface area contributed by atoms with Crippen LogP contribution in [-0.2, 0) is 11.8 Å². The molecule has 0 bridgehead atoms. The molecule has 0 spiro atoms. The number of hydrogen-bond donors (Lipinski definition) is 2. The summed E-state index contributed by atoms with van der Waals surface area (Å²) < 4.78 is 15.5. The van der Waals surface area contributed by atoms with E-state index in [0.717, 1.165) is 10.6 Å². The lowest BCUT2D eigenvalue weighted by Crippen LogP contribution is -2.29. The number of halogens is 1. The van der Waals surface area contributed by atoms with Crippen molar-refractivity contribution in [3.8, 4) is 0 Å². The average molecular weight is 460 g/mol. The molecule has 1 unspecified atom stereocenters. The molecule has 7 nitrogen and oxygen atoms in total. The molecule has 0 fully saturated rings. The Kier molecular flexibility index (Phi) is 7.69. The van der Waals surface area contributed by atoms with Gasteiger partial charge in [0.1, 0.15) is 5.82 Å². The number of rotatable bonds is 8. The quantitative estimate of drug-likeness (QED) is 0.497. The molecule has 0 saturated heterocycles. The fourth-order valence-corrected chi connectivity index (χ4v) is 4.15. The normalized spacial score (nSPS) is 11.7. The monoisotopic (exact) mass is 459 g/mol. The van der Waals surface area contributed by atoms with Crippen molar-refractivity contribution in [1.29, 1.82) is 0 Å². The van der Waals surface area contributed by atoms with Crippen LogP contribution in [0.4, 0.5) is 10.1 Å². The molecule has 1 aromatic heterocycles. The van der Waals surface area contributed by atoms with E-state index in [2.05, 4.69) is 20.8 Å². The van der Waals surface area contributed by atoms with Crippen LogP contribution in [0.25, 0.3) is 0 Å². The van der Waals surface area contributed by atoms with Gasteiger partial charge < -0.3 is 15.2 Å². The second kappa shape index (κ2) is 10.5. The van der Waals surface area contributed by atoms with Crippen molar-refractivity contribution in [3.05, 3.63) is 65.7 Å². The van der Waals surface area contributed by atoms with Gasteiger partial charge in [-0.15, -0.1) is 22.0 Å². The number of nitrogens with one attached hydrogen (secondary N) is 2. The third kappa shape index (κ3) is 5.65. The smallest absolute Gasteiger partial charge is 0.254 e. The van der Waals surface area contributed by atoms with Crippen molar-refractivity contribution in [2.75, 3.05) is 17.3 Å². The van der Waals surface area contributed by atoms with Crippen LogP contribution >= 0.6 is 23.5 Å². The maximum atomic E-state index is 13.8. The number of carbonyl (C=O) groups is 2. The summed E-state index contributed by atoms with van der Waals surface area (Å²) in [5.41, 5.74) is 0.733. The first-order valence-corrected chi connectivity index (χ1v) is 11.6. The Balaban J connectivity index is 1.60. The molecule has 162 valence electrons. The molecule has 2 N–H and O–H groups in total. The number of hydrogen-bond acceptors (Lipinski definition) is 6. The van der Waals surface area contributed by atoms with E-state index in [1.165, 1.54) is 30.0 Å². The molecule has 0 saturated carbocycles. The minimum absolute atomic E-state index is 0.0340. The highest BCUT2D eigenvalue weighted by atomic mass is 32.2. The Labute approximate surface area is 188 Å². The molecular weight excluding hydrogens is 437 g/mol. The molecule has 2 aromatic carbocycles. The fraction of sp³-hybridized carbons (Fsp3) is 0.238. The van der Waals surface area contributed by atoms with E-state index in [1.54, 1.807) is 36.4 Å². The number of aromatic nitrogens is 3. The topological polar surface area (TPSA) is 88.9 Å². The first-order chi connectivity index (χ1) is 14.9. The summed E-state index contributed by atoms with van der Waals surface area (Å²) >= 11 is 2.80. The molecule has 3 rings (SSSR count). The van der Waals surface area contributed by atoms with Crippen LogP contribution in [0.1, 0.15) is 29.1 Å². The average Bonchev–Trinajstić information content (AvgIpc) is 3.13. The maximum absolute atomic E-state index is 13.8. The van der Waals surface area contributed by atoms with Gasteiger partial charge in [0.25, 0.3) is 5.91 Å². The molecular formula is C21H22FN5O2S2. The highest BCUT2D eigenvalue weighted by Crippen LogP contribution is 2.25. The van der Waals surface area contributed by atoms with Gasteiger partial charge in [0.05, 0.1) is 23.0 Å². The van der Waals surface area contributed by atoms with Crippen LogP contribution in [0.2, 0.25) is 0 Å². The zero-order valence-electron chi connectivity index (χ0n) is 17.3. The van der Waals surface area contributed by atoms with Gasteiger partial charge in [0.2, 0.25) is 5.91 Å². The number of benzene rings is 2. The molecule has 10 heteroatoms. The second-order valence-corrected chi connectivity index (χ2v) is 8.40. The van der Waals surface area contributed by atoms with Crippen molar-refractivity contribution in [3.63, 3.8) is 0 Å². The molecule has 0 aliphatic rings. The van der Waals surface area contributed by atoms with Crippen LogP contribution < -0.4 is 10.6 Å². The summed E-state index contributed by atoms with van der Waals surface area (Å²) in [7, 11) is 1.75. The van der Waals surface area contributed by atoms with Crippen LogP contribution in [0.15, 0.2) is 58.6 Å². The Bertz CT molecular complexity index is 1090. The van der Waals surface area contributed by atoms with Crippen molar-refractivity contribution < 1.29 is 14.0 Å². The van der Waals surface area contributed by atoms with Gasteiger partial charge >= 0.3 is 0 Å². The first kappa shape index (κ1) is 22.8. The Morgan fingerprint density at radius 2 is 1.84 bits per heavy atom. The van der Waals surface area contributed by atoms with E-state index in [1.807, 2.05) is 30.5 Å². The van der Waals surface area contributed by atoms with E-state index < -0.39 is 17.8 Å². The lowest BCUT2D eigenvalue weighted by molar-refractivity contribution is -0.113. The molecule has 0 aliphatic heterocycles.